The lowest BCUT2D eigenvalue weighted by atomic mass is 9.56. The van der Waals surface area contributed by atoms with Crippen LogP contribution in [0.15, 0.2) is 47.1 Å². The molecule has 154 valence electrons. The monoisotopic (exact) mass is 476 g/mol. The van der Waals surface area contributed by atoms with Gasteiger partial charge in [0, 0.05) is 11.5 Å². The Hall–Kier alpha value is -2.94. The Morgan fingerprint density at radius 1 is 1.30 bits per heavy atom. The third kappa shape index (κ3) is 3.13. The maximum absolute atomic E-state index is 14.0. The highest BCUT2D eigenvalue weighted by molar-refractivity contribution is 9.10. The van der Waals surface area contributed by atoms with Crippen molar-refractivity contribution in [3.63, 3.8) is 0 Å². The van der Waals surface area contributed by atoms with Gasteiger partial charge in [0.15, 0.2) is 0 Å². The quantitative estimate of drug-likeness (QED) is 0.294. The molecule has 0 atom stereocenters. The van der Waals surface area contributed by atoms with Gasteiger partial charge in [-0.1, -0.05) is 12.1 Å². The van der Waals surface area contributed by atoms with Gasteiger partial charge in [-0.3, -0.25) is 14.9 Å². The third-order valence-electron chi connectivity index (χ3n) is 5.65. The van der Waals surface area contributed by atoms with E-state index in [-0.39, 0.29) is 40.0 Å². The van der Waals surface area contributed by atoms with Gasteiger partial charge in [0.1, 0.15) is 23.2 Å². The van der Waals surface area contributed by atoms with Crippen LogP contribution < -0.4 is 0 Å². The van der Waals surface area contributed by atoms with Crippen LogP contribution in [0.25, 0.3) is 10.9 Å². The van der Waals surface area contributed by atoms with Crippen LogP contribution in [0.5, 0.6) is 0 Å². The van der Waals surface area contributed by atoms with E-state index in [4.69, 9.17) is 4.74 Å². The Morgan fingerprint density at radius 3 is 2.67 bits per heavy atom. The summed E-state index contributed by atoms with van der Waals surface area (Å²) in [7, 11) is 1.21. The summed E-state index contributed by atoms with van der Waals surface area (Å²) in [6.45, 7) is 0. The molecular weight excluding hydrogens is 462 g/mol. The fourth-order valence-electron chi connectivity index (χ4n) is 4.26. The molecule has 0 unspecified atom stereocenters. The van der Waals surface area contributed by atoms with Crippen LogP contribution >= 0.6 is 15.9 Å². The van der Waals surface area contributed by atoms with Crippen molar-refractivity contribution in [3.8, 4) is 0 Å². The first-order valence-corrected chi connectivity index (χ1v) is 9.82. The molecule has 1 fully saturated rings. The van der Waals surface area contributed by atoms with E-state index in [0.29, 0.717) is 10.9 Å². The lowest BCUT2D eigenvalue weighted by Crippen LogP contribution is -2.48. The molecule has 0 saturated heterocycles. The highest BCUT2D eigenvalue weighted by Gasteiger charge is 2.56. The lowest BCUT2D eigenvalue weighted by Gasteiger charge is -2.45. The smallest absolute Gasteiger partial charge is 0.316 e. The van der Waals surface area contributed by atoms with Crippen LogP contribution in [0.4, 0.5) is 14.5 Å². The molecule has 1 aliphatic carbocycles. The Kier molecular flexibility index (Phi) is 5.01. The van der Waals surface area contributed by atoms with Gasteiger partial charge in [-0.05, 0) is 58.5 Å². The van der Waals surface area contributed by atoms with Crippen molar-refractivity contribution in [1.82, 2.24) is 4.98 Å². The minimum atomic E-state index is -1.33. The van der Waals surface area contributed by atoms with Gasteiger partial charge in [-0.25, -0.2) is 13.8 Å². The number of nitrogens with zero attached hydrogens (tertiary/aromatic N) is 2. The summed E-state index contributed by atoms with van der Waals surface area (Å²) in [5.41, 5.74) is -0.648. The van der Waals surface area contributed by atoms with Crippen molar-refractivity contribution in [3.05, 3.63) is 79.9 Å². The number of ether oxygens (including phenoxy) is 1. The second-order valence-corrected chi connectivity index (χ2v) is 8.15. The standard InChI is InChI=1S/C21H15BrF2N2O4/c1-30-20(27)21(8-12(9-21)11-3-2-4-13(23)5-11)19-14-6-15(22)16(24)7-17(14)25-10-18(19)26(28)29/h2-7,10,12H,8-9H2,1H3. The summed E-state index contributed by atoms with van der Waals surface area (Å²) >= 11 is 3.10. The summed E-state index contributed by atoms with van der Waals surface area (Å²) in [5.74, 6) is -1.80. The van der Waals surface area contributed by atoms with Crippen LogP contribution in [0.1, 0.15) is 29.9 Å². The molecule has 0 spiro atoms. The predicted octanol–water partition coefficient (Wildman–Crippen LogP) is 5.17. The third-order valence-corrected chi connectivity index (χ3v) is 6.26. The number of methoxy groups -OCH3 is 1. The summed E-state index contributed by atoms with van der Waals surface area (Å²) in [5, 5.41) is 12.1. The fourth-order valence-corrected chi connectivity index (χ4v) is 4.61. The maximum atomic E-state index is 14.0. The van der Waals surface area contributed by atoms with Crippen molar-refractivity contribution in [1.29, 1.82) is 0 Å². The first kappa shape index (κ1) is 20.3. The average Bonchev–Trinajstić information content (AvgIpc) is 2.68. The summed E-state index contributed by atoms with van der Waals surface area (Å²) < 4.78 is 32.8. The minimum Gasteiger partial charge on any atom is -0.468 e. The molecular formula is C21H15BrF2N2O4. The lowest BCUT2D eigenvalue weighted by molar-refractivity contribution is -0.386. The Balaban J connectivity index is 1.92. The number of benzene rings is 2. The molecule has 2 aromatic carbocycles. The number of halogens is 3. The first-order valence-electron chi connectivity index (χ1n) is 9.03. The number of carbonyl (C=O) groups excluding carboxylic acids is 1. The van der Waals surface area contributed by atoms with Gasteiger partial charge in [-0.15, -0.1) is 0 Å². The van der Waals surface area contributed by atoms with Crippen LogP contribution in [0.3, 0.4) is 0 Å². The molecule has 6 nitrogen and oxygen atoms in total. The van der Waals surface area contributed by atoms with Crippen molar-refractivity contribution >= 4 is 38.5 Å². The summed E-state index contributed by atoms with van der Waals surface area (Å²) in [4.78, 5) is 28.1. The average molecular weight is 477 g/mol. The minimum absolute atomic E-state index is 0.0968. The van der Waals surface area contributed by atoms with Gasteiger partial charge in [-0.2, -0.15) is 0 Å². The van der Waals surface area contributed by atoms with E-state index in [9.17, 15) is 23.7 Å². The second-order valence-electron chi connectivity index (χ2n) is 7.29. The van der Waals surface area contributed by atoms with Crippen molar-refractivity contribution in [2.75, 3.05) is 7.11 Å². The molecule has 3 aromatic rings. The number of carbonyl (C=O) groups is 1. The molecule has 0 aliphatic heterocycles. The molecule has 4 rings (SSSR count). The zero-order valence-electron chi connectivity index (χ0n) is 15.7. The topological polar surface area (TPSA) is 82.3 Å². The van der Waals surface area contributed by atoms with Crippen molar-refractivity contribution in [2.45, 2.75) is 24.2 Å². The molecule has 1 aromatic heterocycles. The Labute approximate surface area is 178 Å². The number of hydrogen-bond donors (Lipinski definition) is 0. The molecule has 0 N–H and O–H groups in total. The SMILES string of the molecule is COC(=O)C1(c2c([N+](=O)[O-])cnc3cc(F)c(Br)cc23)CC(c2cccc(F)c2)C1. The molecule has 1 heterocycles. The van der Waals surface area contributed by atoms with E-state index in [2.05, 4.69) is 20.9 Å². The zero-order chi connectivity index (χ0) is 21.6. The van der Waals surface area contributed by atoms with E-state index >= 15 is 0 Å². The molecule has 0 amide bonds. The van der Waals surface area contributed by atoms with Crippen molar-refractivity contribution in [2.24, 2.45) is 0 Å². The summed E-state index contributed by atoms with van der Waals surface area (Å²) in [6, 6.07) is 8.58. The fraction of sp³-hybridized carbons (Fsp3) is 0.238. The Morgan fingerprint density at radius 2 is 2.03 bits per heavy atom. The van der Waals surface area contributed by atoms with Gasteiger partial charge in [0.2, 0.25) is 0 Å². The highest BCUT2D eigenvalue weighted by Crippen LogP contribution is 2.56. The summed E-state index contributed by atoms with van der Waals surface area (Å²) in [6.07, 6.45) is 1.42. The van der Waals surface area contributed by atoms with Crippen LogP contribution in [-0.2, 0) is 14.9 Å². The number of aromatic nitrogens is 1. The van der Waals surface area contributed by atoms with E-state index in [0.717, 1.165) is 12.3 Å². The van der Waals surface area contributed by atoms with Gasteiger partial charge in [0.25, 0.3) is 5.69 Å². The second kappa shape index (κ2) is 7.39. The van der Waals surface area contributed by atoms with Crippen molar-refractivity contribution < 1.29 is 23.2 Å². The zero-order valence-corrected chi connectivity index (χ0v) is 17.3. The molecule has 1 saturated carbocycles. The number of hydrogen-bond acceptors (Lipinski definition) is 5. The number of esters is 1. The first-order chi connectivity index (χ1) is 14.3. The van der Waals surface area contributed by atoms with E-state index in [1.807, 2.05) is 0 Å². The number of nitro groups is 1. The molecule has 0 bridgehead atoms. The number of fused-ring (bicyclic) bond motifs is 1. The van der Waals surface area contributed by atoms with Gasteiger partial charge in [0.05, 0.1) is 27.6 Å². The van der Waals surface area contributed by atoms with Gasteiger partial charge < -0.3 is 4.74 Å². The normalized spacial score (nSPS) is 20.6. The largest absolute Gasteiger partial charge is 0.468 e. The Bertz CT molecular complexity index is 1200. The molecule has 30 heavy (non-hydrogen) atoms. The van der Waals surface area contributed by atoms with Crippen LogP contribution in [0.2, 0.25) is 0 Å². The predicted molar refractivity (Wildman–Crippen MR) is 108 cm³/mol. The van der Waals surface area contributed by atoms with E-state index in [1.165, 1.54) is 25.3 Å². The maximum Gasteiger partial charge on any atom is 0.316 e. The van der Waals surface area contributed by atoms with E-state index < -0.39 is 27.9 Å². The van der Waals surface area contributed by atoms with Crippen LogP contribution in [0, 0.1) is 21.7 Å². The van der Waals surface area contributed by atoms with Crippen LogP contribution in [-0.4, -0.2) is 23.0 Å². The molecule has 9 heteroatoms. The number of pyridine rings is 1. The molecule has 1 aliphatic rings. The molecule has 0 radical (unpaired) electrons. The highest BCUT2D eigenvalue weighted by atomic mass is 79.9. The van der Waals surface area contributed by atoms with Gasteiger partial charge >= 0.3 is 5.97 Å². The van der Waals surface area contributed by atoms with E-state index in [1.54, 1.807) is 12.1 Å². The number of rotatable bonds is 4.